The van der Waals surface area contributed by atoms with Crippen molar-refractivity contribution in [2.75, 3.05) is 31.5 Å². The van der Waals surface area contributed by atoms with Crippen molar-refractivity contribution >= 4 is 22.8 Å². The lowest BCUT2D eigenvalue weighted by atomic mass is 10.2. The summed E-state index contributed by atoms with van der Waals surface area (Å²) in [6.45, 7) is 8.17. The van der Waals surface area contributed by atoms with Gasteiger partial charge in [0.05, 0.1) is 18.1 Å². The van der Waals surface area contributed by atoms with Crippen molar-refractivity contribution in [2.45, 2.75) is 45.2 Å². The van der Waals surface area contributed by atoms with E-state index in [1.807, 2.05) is 15.6 Å². The first kappa shape index (κ1) is 16.3. The van der Waals surface area contributed by atoms with Crippen molar-refractivity contribution in [1.29, 1.82) is 0 Å². The van der Waals surface area contributed by atoms with Gasteiger partial charge >= 0.3 is 6.03 Å². The zero-order valence-electron chi connectivity index (χ0n) is 15.0. The van der Waals surface area contributed by atoms with Crippen molar-refractivity contribution in [3.63, 3.8) is 0 Å². The van der Waals surface area contributed by atoms with Gasteiger partial charge in [0.1, 0.15) is 0 Å². The number of nitrogens with one attached hydrogen (secondary N) is 1. The maximum atomic E-state index is 12.6. The van der Waals surface area contributed by atoms with Gasteiger partial charge in [0.25, 0.3) is 0 Å². The van der Waals surface area contributed by atoms with E-state index in [4.69, 9.17) is 0 Å². The Balaban J connectivity index is 1.41. The molecule has 2 fully saturated rings. The summed E-state index contributed by atoms with van der Waals surface area (Å²) >= 11 is 0. The third-order valence-corrected chi connectivity index (χ3v) is 5.28. The summed E-state index contributed by atoms with van der Waals surface area (Å²) in [5.74, 6) is 0. The fourth-order valence-corrected chi connectivity index (χ4v) is 3.92. The fraction of sp³-hybridized carbons (Fsp3) is 0.611. The average molecular weight is 342 g/mol. The second-order valence-electron chi connectivity index (χ2n) is 7.38. The second kappa shape index (κ2) is 6.63. The average Bonchev–Trinajstić information content (AvgIpc) is 3.33. The topological polar surface area (TPSA) is 66.3 Å². The number of hydrogen-bond acceptors (Lipinski definition) is 4. The lowest BCUT2D eigenvalue weighted by Gasteiger charge is -2.23. The summed E-state index contributed by atoms with van der Waals surface area (Å²) in [6.07, 6.45) is 7.18. The molecular weight excluding hydrogens is 316 g/mol. The molecule has 0 spiro atoms. The number of aromatic nitrogens is 3. The van der Waals surface area contributed by atoms with E-state index in [0.29, 0.717) is 6.04 Å². The van der Waals surface area contributed by atoms with E-state index in [2.05, 4.69) is 34.1 Å². The Morgan fingerprint density at radius 1 is 1.24 bits per heavy atom. The SMILES string of the molecule is CC(C)n1ncc2cc(NC(=O)N3CC[C@@H](N4CCCC4)C3)cnc21. The molecule has 2 aromatic rings. The summed E-state index contributed by atoms with van der Waals surface area (Å²) in [6, 6.07) is 2.70. The first-order valence-electron chi connectivity index (χ1n) is 9.25. The van der Waals surface area contributed by atoms with Crippen LogP contribution in [0.5, 0.6) is 0 Å². The molecule has 0 radical (unpaired) electrons. The highest BCUT2D eigenvalue weighted by Crippen LogP contribution is 2.22. The fourth-order valence-electron chi connectivity index (χ4n) is 3.92. The number of urea groups is 1. The van der Waals surface area contributed by atoms with Crippen molar-refractivity contribution in [3.05, 3.63) is 18.5 Å². The number of carbonyl (C=O) groups is 1. The molecule has 4 rings (SSSR count). The minimum Gasteiger partial charge on any atom is -0.323 e. The highest BCUT2D eigenvalue weighted by atomic mass is 16.2. The number of amides is 2. The van der Waals surface area contributed by atoms with Crippen LogP contribution in [0.1, 0.15) is 39.2 Å². The van der Waals surface area contributed by atoms with Crippen LogP contribution in [-0.2, 0) is 0 Å². The molecule has 2 amide bonds. The smallest absolute Gasteiger partial charge is 0.321 e. The van der Waals surface area contributed by atoms with Crippen LogP contribution < -0.4 is 5.32 Å². The third kappa shape index (κ3) is 3.20. The number of nitrogens with zero attached hydrogens (tertiary/aromatic N) is 5. The zero-order chi connectivity index (χ0) is 17.4. The Bertz CT molecular complexity index is 764. The van der Waals surface area contributed by atoms with Crippen LogP contribution in [0.2, 0.25) is 0 Å². The molecule has 7 heteroatoms. The number of fused-ring (bicyclic) bond motifs is 1. The quantitative estimate of drug-likeness (QED) is 0.931. The number of pyridine rings is 1. The molecule has 0 aromatic carbocycles. The van der Waals surface area contributed by atoms with Gasteiger partial charge in [0, 0.05) is 30.6 Å². The molecule has 25 heavy (non-hydrogen) atoms. The van der Waals surface area contributed by atoms with E-state index < -0.39 is 0 Å². The maximum absolute atomic E-state index is 12.6. The van der Waals surface area contributed by atoms with Crippen molar-refractivity contribution in [1.82, 2.24) is 24.6 Å². The molecule has 134 valence electrons. The molecule has 0 bridgehead atoms. The minimum absolute atomic E-state index is 0.0286. The molecule has 0 saturated carbocycles. The Morgan fingerprint density at radius 3 is 2.80 bits per heavy atom. The van der Waals surface area contributed by atoms with E-state index in [-0.39, 0.29) is 12.1 Å². The van der Waals surface area contributed by atoms with Gasteiger partial charge in [-0.15, -0.1) is 0 Å². The summed E-state index contributed by atoms with van der Waals surface area (Å²) in [5, 5.41) is 8.31. The summed E-state index contributed by atoms with van der Waals surface area (Å²) < 4.78 is 1.89. The van der Waals surface area contributed by atoms with E-state index >= 15 is 0 Å². The number of carbonyl (C=O) groups excluding carboxylic acids is 1. The Hall–Kier alpha value is -2.15. The van der Waals surface area contributed by atoms with Crippen molar-refractivity contribution in [2.24, 2.45) is 0 Å². The van der Waals surface area contributed by atoms with Crippen LogP contribution in [0.15, 0.2) is 18.5 Å². The molecule has 2 saturated heterocycles. The summed E-state index contributed by atoms with van der Waals surface area (Å²) in [4.78, 5) is 21.5. The predicted molar refractivity (Wildman–Crippen MR) is 97.7 cm³/mol. The highest BCUT2D eigenvalue weighted by molar-refractivity contribution is 5.91. The van der Waals surface area contributed by atoms with E-state index in [1.165, 1.54) is 25.9 Å². The van der Waals surface area contributed by atoms with E-state index in [0.717, 1.165) is 36.2 Å². The lowest BCUT2D eigenvalue weighted by Crippen LogP contribution is -2.38. The van der Waals surface area contributed by atoms with Gasteiger partial charge in [0.15, 0.2) is 5.65 Å². The van der Waals surface area contributed by atoms with Crippen LogP contribution >= 0.6 is 0 Å². The molecule has 4 heterocycles. The first-order chi connectivity index (χ1) is 12.1. The van der Waals surface area contributed by atoms with E-state index in [9.17, 15) is 4.79 Å². The third-order valence-electron chi connectivity index (χ3n) is 5.28. The van der Waals surface area contributed by atoms with Gasteiger partial charge in [-0.1, -0.05) is 0 Å². The van der Waals surface area contributed by atoms with Gasteiger partial charge in [-0.25, -0.2) is 14.5 Å². The second-order valence-corrected chi connectivity index (χ2v) is 7.38. The Kier molecular flexibility index (Phi) is 4.33. The molecule has 0 aliphatic carbocycles. The number of anilines is 1. The minimum atomic E-state index is -0.0286. The van der Waals surface area contributed by atoms with Crippen LogP contribution in [0.25, 0.3) is 11.0 Å². The van der Waals surface area contributed by atoms with Crippen LogP contribution in [-0.4, -0.2) is 62.8 Å². The van der Waals surface area contributed by atoms with Gasteiger partial charge in [0.2, 0.25) is 0 Å². The summed E-state index contributed by atoms with van der Waals surface area (Å²) in [5.41, 5.74) is 1.58. The Labute approximate surface area is 148 Å². The first-order valence-corrected chi connectivity index (χ1v) is 9.25. The molecular formula is C18H26N6O. The lowest BCUT2D eigenvalue weighted by molar-refractivity contribution is 0.210. The molecule has 2 aliphatic heterocycles. The van der Waals surface area contributed by atoms with Gasteiger partial charge < -0.3 is 10.2 Å². The van der Waals surface area contributed by atoms with Crippen LogP contribution in [0, 0.1) is 0 Å². The number of likely N-dealkylation sites (tertiary alicyclic amines) is 2. The van der Waals surface area contributed by atoms with Crippen LogP contribution in [0.4, 0.5) is 10.5 Å². The zero-order valence-corrected chi connectivity index (χ0v) is 15.0. The van der Waals surface area contributed by atoms with Gasteiger partial charge in [-0.2, -0.15) is 5.10 Å². The molecule has 2 aliphatic rings. The summed E-state index contributed by atoms with van der Waals surface area (Å²) in [7, 11) is 0. The normalized spacial score (nSPS) is 21.6. The standard InChI is InChI=1S/C18H26N6O/c1-13(2)24-17-14(10-20-24)9-15(11-19-17)21-18(25)23-8-5-16(12-23)22-6-3-4-7-22/h9-11,13,16H,3-8,12H2,1-2H3,(H,21,25)/t16-/m1/s1. The van der Waals surface area contributed by atoms with Crippen LogP contribution in [0.3, 0.4) is 0 Å². The van der Waals surface area contributed by atoms with Crippen molar-refractivity contribution < 1.29 is 4.79 Å². The van der Waals surface area contributed by atoms with Crippen molar-refractivity contribution in [3.8, 4) is 0 Å². The molecule has 1 atom stereocenters. The molecule has 2 aromatic heterocycles. The predicted octanol–water partition coefficient (Wildman–Crippen LogP) is 2.71. The number of rotatable bonds is 3. The van der Waals surface area contributed by atoms with E-state index in [1.54, 1.807) is 12.4 Å². The highest BCUT2D eigenvalue weighted by Gasteiger charge is 2.31. The Morgan fingerprint density at radius 2 is 2.04 bits per heavy atom. The number of hydrogen-bond donors (Lipinski definition) is 1. The molecule has 0 unspecified atom stereocenters. The van der Waals surface area contributed by atoms with Gasteiger partial charge in [-0.3, -0.25) is 4.90 Å². The van der Waals surface area contributed by atoms with Gasteiger partial charge in [-0.05, 0) is 52.3 Å². The molecule has 1 N–H and O–H groups in total. The largest absolute Gasteiger partial charge is 0.323 e. The monoisotopic (exact) mass is 342 g/mol. The molecule has 7 nitrogen and oxygen atoms in total. The maximum Gasteiger partial charge on any atom is 0.321 e.